The van der Waals surface area contributed by atoms with Crippen LogP contribution in [0, 0.1) is 0 Å². The van der Waals surface area contributed by atoms with Gasteiger partial charge in [0, 0.05) is 28.7 Å². The van der Waals surface area contributed by atoms with E-state index < -0.39 is 5.97 Å². The first kappa shape index (κ1) is 17.9. The minimum absolute atomic E-state index is 0.0167. The largest absolute Gasteiger partial charge is 0.481 e. The number of pyridine rings is 1. The molecule has 0 aliphatic heterocycles. The first-order valence-electron chi connectivity index (χ1n) is 8.68. The quantitative estimate of drug-likeness (QED) is 0.540. The second kappa shape index (κ2) is 8.01. The van der Waals surface area contributed by atoms with Crippen molar-refractivity contribution in [3.8, 4) is 17.1 Å². The second-order valence-corrected chi connectivity index (χ2v) is 6.26. The van der Waals surface area contributed by atoms with Gasteiger partial charge in [0.1, 0.15) is 0 Å². The SMILES string of the molecule is COc1ccc(-c2[nH]c3ccc(CC(=O)O)cc3c2CCCCN)cn1. The van der Waals surface area contributed by atoms with Crippen LogP contribution in [0.4, 0.5) is 0 Å². The third-order valence-electron chi connectivity index (χ3n) is 4.44. The van der Waals surface area contributed by atoms with E-state index in [1.807, 2.05) is 30.3 Å². The molecule has 0 radical (unpaired) electrons. The van der Waals surface area contributed by atoms with Gasteiger partial charge in [-0.15, -0.1) is 0 Å². The van der Waals surface area contributed by atoms with Gasteiger partial charge in [0.25, 0.3) is 0 Å². The van der Waals surface area contributed by atoms with Crippen molar-refractivity contribution in [1.29, 1.82) is 0 Å². The van der Waals surface area contributed by atoms with Crippen molar-refractivity contribution >= 4 is 16.9 Å². The Morgan fingerprint density at radius 3 is 2.77 bits per heavy atom. The molecular formula is C20H23N3O3. The van der Waals surface area contributed by atoms with E-state index in [9.17, 15) is 4.79 Å². The zero-order valence-electron chi connectivity index (χ0n) is 14.8. The van der Waals surface area contributed by atoms with Crippen LogP contribution in [0.5, 0.6) is 5.88 Å². The Morgan fingerprint density at radius 2 is 2.12 bits per heavy atom. The van der Waals surface area contributed by atoms with Gasteiger partial charge >= 0.3 is 5.97 Å². The number of carboxylic acid groups (broad SMARTS) is 1. The van der Waals surface area contributed by atoms with Gasteiger partial charge < -0.3 is 20.6 Å². The number of carboxylic acids is 1. The molecule has 0 saturated heterocycles. The minimum Gasteiger partial charge on any atom is -0.481 e. The van der Waals surface area contributed by atoms with Crippen LogP contribution in [0.25, 0.3) is 22.2 Å². The van der Waals surface area contributed by atoms with Crippen molar-refractivity contribution < 1.29 is 14.6 Å². The molecule has 6 heteroatoms. The van der Waals surface area contributed by atoms with Crippen LogP contribution in [0.2, 0.25) is 0 Å². The molecule has 0 saturated carbocycles. The number of nitrogens with two attached hydrogens (primary N) is 1. The number of aryl methyl sites for hydroxylation is 1. The summed E-state index contributed by atoms with van der Waals surface area (Å²) in [5.74, 6) is -0.262. The molecule has 3 aromatic rings. The van der Waals surface area contributed by atoms with Gasteiger partial charge in [-0.25, -0.2) is 4.98 Å². The second-order valence-electron chi connectivity index (χ2n) is 6.26. The first-order valence-corrected chi connectivity index (χ1v) is 8.68. The van der Waals surface area contributed by atoms with E-state index in [4.69, 9.17) is 15.6 Å². The summed E-state index contributed by atoms with van der Waals surface area (Å²) in [5, 5.41) is 10.1. The van der Waals surface area contributed by atoms with Gasteiger partial charge in [-0.1, -0.05) is 6.07 Å². The number of benzene rings is 1. The highest BCUT2D eigenvalue weighted by Crippen LogP contribution is 2.32. The number of hydrogen-bond donors (Lipinski definition) is 3. The Bertz CT molecular complexity index is 901. The predicted octanol–water partition coefficient (Wildman–Crippen LogP) is 3.15. The summed E-state index contributed by atoms with van der Waals surface area (Å²) in [6, 6.07) is 9.58. The van der Waals surface area contributed by atoms with E-state index in [1.54, 1.807) is 13.3 Å². The van der Waals surface area contributed by atoms with E-state index in [1.165, 1.54) is 5.56 Å². The van der Waals surface area contributed by atoms with Crippen molar-refractivity contribution in [3.63, 3.8) is 0 Å². The molecule has 0 aliphatic rings. The Morgan fingerprint density at radius 1 is 1.27 bits per heavy atom. The normalized spacial score (nSPS) is 11.0. The maximum Gasteiger partial charge on any atom is 0.307 e. The number of nitrogens with one attached hydrogen (secondary N) is 1. The average Bonchev–Trinajstić information content (AvgIpc) is 2.99. The molecule has 26 heavy (non-hydrogen) atoms. The number of fused-ring (bicyclic) bond motifs is 1. The summed E-state index contributed by atoms with van der Waals surface area (Å²) in [6.45, 7) is 0.659. The Hall–Kier alpha value is -2.86. The molecule has 1 aromatic carbocycles. The summed E-state index contributed by atoms with van der Waals surface area (Å²) in [6.07, 6.45) is 4.59. The smallest absolute Gasteiger partial charge is 0.307 e. The summed E-state index contributed by atoms with van der Waals surface area (Å²) in [4.78, 5) is 18.8. The lowest BCUT2D eigenvalue weighted by molar-refractivity contribution is -0.136. The van der Waals surface area contributed by atoms with Crippen LogP contribution in [-0.2, 0) is 17.6 Å². The Kier molecular flexibility index (Phi) is 5.53. The number of aromatic nitrogens is 2. The Labute approximate surface area is 152 Å². The van der Waals surface area contributed by atoms with Crippen molar-refractivity contribution in [2.45, 2.75) is 25.7 Å². The molecule has 2 heterocycles. The van der Waals surface area contributed by atoms with Crippen LogP contribution in [0.1, 0.15) is 24.0 Å². The third kappa shape index (κ3) is 3.86. The molecule has 0 bridgehead atoms. The van der Waals surface area contributed by atoms with Crippen molar-refractivity contribution in [2.24, 2.45) is 5.73 Å². The molecule has 3 rings (SSSR count). The van der Waals surface area contributed by atoms with Gasteiger partial charge in [-0.3, -0.25) is 4.79 Å². The number of hydrogen-bond acceptors (Lipinski definition) is 4. The molecule has 0 unspecified atom stereocenters. The molecule has 0 spiro atoms. The van der Waals surface area contributed by atoms with Crippen LogP contribution in [0.15, 0.2) is 36.5 Å². The number of nitrogens with zero attached hydrogens (tertiary/aromatic N) is 1. The van der Waals surface area contributed by atoms with Gasteiger partial charge in [0.2, 0.25) is 5.88 Å². The monoisotopic (exact) mass is 353 g/mol. The Balaban J connectivity index is 2.07. The van der Waals surface area contributed by atoms with Crippen molar-refractivity contribution in [3.05, 3.63) is 47.7 Å². The number of unbranched alkanes of at least 4 members (excludes halogenated alkanes) is 1. The lowest BCUT2D eigenvalue weighted by Gasteiger charge is -2.06. The molecule has 0 aliphatic carbocycles. The zero-order chi connectivity index (χ0) is 18.5. The molecule has 0 atom stereocenters. The number of aromatic amines is 1. The highest BCUT2D eigenvalue weighted by molar-refractivity contribution is 5.91. The van der Waals surface area contributed by atoms with E-state index in [2.05, 4.69) is 9.97 Å². The highest BCUT2D eigenvalue weighted by Gasteiger charge is 2.14. The molecule has 2 aromatic heterocycles. The molecular weight excluding hydrogens is 330 g/mol. The third-order valence-corrected chi connectivity index (χ3v) is 4.44. The molecule has 136 valence electrons. The van der Waals surface area contributed by atoms with E-state index in [0.29, 0.717) is 12.4 Å². The minimum atomic E-state index is -0.829. The van der Waals surface area contributed by atoms with Crippen LogP contribution >= 0.6 is 0 Å². The summed E-state index contributed by atoms with van der Waals surface area (Å²) >= 11 is 0. The highest BCUT2D eigenvalue weighted by atomic mass is 16.5. The van der Waals surface area contributed by atoms with Crippen molar-refractivity contribution in [1.82, 2.24) is 9.97 Å². The number of methoxy groups -OCH3 is 1. The lowest BCUT2D eigenvalue weighted by atomic mass is 9.99. The first-order chi connectivity index (χ1) is 12.6. The topological polar surface area (TPSA) is 101 Å². The van der Waals surface area contributed by atoms with E-state index in [-0.39, 0.29) is 6.42 Å². The maximum atomic E-state index is 11.0. The fourth-order valence-corrected chi connectivity index (χ4v) is 3.18. The zero-order valence-corrected chi connectivity index (χ0v) is 14.8. The van der Waals surface area contributed by atoms with Crippen molar-refractivity contribution in [2.75, 3.05) is 13.7 Å². The fourth-order valence-electron chi connectivity index (χ4n) is 3.18. The number of aliphatic carboxylic acids is 1. The summed E-state index contributed by atoms with van der Waals surface area (Å²) in [7, 11) is 1.59. The summed E-state index contributed by atoms with van der Waals surface area (Å²) < 4.78 is 5.14. The van der Waals surface area contributed by atoms with Gasteiger partial charge in [0.05, 0.1) is 19.2 Å². The number of ether oxygens (including phenoxy) is 1. The predicted molar refractivity (Wildman–Crippen MR) is 101 cm³/mol. The lowest BCUT2D eigenvalue weighted by Crippen LogP contribution is -2.00. The van der Waals surface area contributed by atoms with Gasteiger partial charge in [-0.05, 0) is 55.1 Å². The average molecular weight is 353 g/mol. The molecule has 4 N–H and O–H groups in total. The van der Waals surface area contributed by atoms with Crippen LogP contribution < -0.4 is 10.5 Å². The molecule has 0 amide bonds. The maximum absolute atomic E-state index is 11.0. The number of H-pyrrole nitrogens is 1. The van der Waals surface area contributed by atoms with Gasteiger partial charge in [-0.2, -0.15) is 0 Å². The van der Waals surface area contributed by atoms with Crippen LogP contribution in [0.3, 0.4) is 0 Å². The van der Waals surface area contributed by atoms with E-state index in [0.717, 1.165) is 47.0 Å². The number of rotatable bonds is 8. The van der Waals surface area contributed by atoms with Crippen LogP contribution in [-0.4, -0.2) is 34.7 Å². The molecule has 0 fully saturated rings. The van der Waals surface area contributed by atoms with Gasteiger partial charge in [0.15, 0.2) is 0 Å². The fraction of sp³-hybridized carbons (Fsp3) is 0.300. The molecule has 6 nitrogen and oxygen atoms in total. The van der Waals surface area contributed by atoms with E-state index >= 15 is 0 Å². The summed E-state index contributed by atoms with van der Waals surface area (Å²) in [5.41, 5.74) is 10.6. The number of carbonyl (C=O) groups is 1. The standard InChI is InChI=1S/C20H23N3O3/c1-26-18-8-6-14(12-22-18)20-15(4-2-3-9-21)16-10-13(11-19(24)25)5-7-17(16)23-20/h5-8,10,12,23H,2-4,9,11,21H2,1H3,(H,24,25).